The number of fused-ring (bicyclic) bond motifs is 5. The van der Waals surface area contributed by atoms with Gasteiger partial charge in [-0.2, -0.15) is 0 Å². The SMILES string of the molecule is Fc1cccc2nc3c4ccccc4ccn3c12. The van der Waals surface area contributed by atoms with Crippen LogP contribution in [-0.4, -0.2) is 9.38 Å². The highest BCUT2D eigenvalue weighted by molar-refractivity contribution is 5.98. The van der Waals surface area contributed by atoms with Crippen LogP contribution in [0.2, 0.25) is 0 Å². The standard InChI is InChI=1S/C15H9FN2/c16-12-6-3-7-13-14(12)18-9-8-10-4-1-2-5-11(10)15(18)17-13/h1-9H. The molecule has 0 saturated carbocycles. The van der Waals surface area contributed by atoms with Gasteiger partial charge in [0.15, 0.2) is 0 Å². The van der Waals surface area contributed by atoms with Crippen LogP contribution in [0.5, 0.6) is 0 Å². The molecule has 0 aliphatic heterocycles. The minimum absolute atomic E-state index is 0.240. The Balaban J connectivity index is 2.34. The minimum Gasteiger partial charge on any atom is -0.296 e. The lowest BCUT2D eigenvalue weighted by molar-refractivity contribution is 0.636. The molecule has 0 unspecified atom stereocenters. The van der Waals surface area contributed by atoms with Crippen LogP contribution in [-0.2, 0) is 0 Å². The number of nitrogens with zero attached hydrogens (tertiary/aromatic N) is 2. The number of benzene rings is 2. The molecule has 2 aromatic carbocycles. The highest BCUT2D eigenvalue weighted by Crippen LogP contribution is 2.25. The Bertz CT molecular complexity index is 893. The van der Waals surface area contributed by atoms with Crippen molar-refractivity contribution in [1.29, 1.82) is 0 Å². The lowest BCUT2D eigenvalue weighted by atomic mass is 10.2. The largest absolute Gasteiger partial charge is 0.296 e. The lowest BCUT2D eigenvalue weighted by Gasteiger charge is -2.00. The second-order valence-corrected chi connectivity index (χ2v) is 4.32. The van der Waals surface area contributed by atoms with E-state index in [1.807, 2.05) is 47.0 Å². The molecule has 0 amide bonds. The van der Waals surface area contributed by atoms with E-state index in [9.17, 15) is 4.39 Å². The maximum atomic E-state index is 13.9. The highest BCUT2D eigenvalue weighted by atomic mass is 19.1. The number of halogens is 1. The van der Waals surface area contributed by atoms with E-state index >= 15 is 0 Å². The number of pyridine rings is 1. The van der Waals surface area contributed by atoms with Crippen molar-refractivity contribution in [3.8, 4) is 0 Å². The normalized spacial score (nSPS) is 11.6. The molecule has 4 rings (SSSR count). The van der Waals surface area contributed by atoms with Crippen LogP contribution in [0.25, 0.3) is 27.5 Å². The van der Waals surface area contributed by atoms with Crippen LogP contribution in [0, 0.1) is 5.82 Å². The Morgan fingerprint density at radius 2 is 1.83 bits per heavy atom. The second-order valence-electron chi connectivity index (χ2n) is 4.32. The molecule has 0 spiro atoms. The summed E-state index contributed by atoms with van der Waals surface area (Å²) >= 11 is 0. The molecule has 2 aromatic heterocycles. The molecule has 0 atom stereocenters. The van der Waals surface area contributed by atoms with Gasteiger partial charge in [-0.1, -0.05) is 30.3 Å². The van der Waals surface area contributed by atoms with Crippen molar-refractivity contribution in [2.75, 3.05) is 0 Å². The quantitative estimate of drug-likeness (QED) is 0.454. The average Bonchev–Trinajstić information content (AvgIpc) is 2.79. The van der Waals surface area contributed by atoms with Crippen molar-refractivity contribution < 1.29 is 4.39 Å². The molecule has 4 aromatic rings. The van der Waals surface area contributed by atoms with Gasteiger partial charge in [-0.15, -0.1) is 0 Å². The fourth-order valence-corrected chi connectivity index (χ4v) is 2.44. The molecule has 0 fully saturated rings. The summed E-state index contributed by atoms with van der Waals surface area (Å²) in [6, 6.07) is 15.0. The summed E-state index contributed by atoms with van der Waals surface area (Å²) < 4.78 is 15.7. The van der Waals surface area contributed by atoms with Crippen LogP contribution in [0.3, 0.4) is 0 Å². The third kappa shape index (κ3) is 1.13. The Hall–Kier alpha value is -2.42. The van der Waals surface area contributed by atoms with Gasteiger partial charge in [-0.3, -0.25) is 4.40 Å². The third-order valence-electron chi connectivity index (χ3n) is 3.27. The monoisotopic (exact) mass is 236 g/mol. The van der Waals surface area contributed by atoms with Crippen LogP contribution in [0.1, 0.15) is 0 Å². The van der Waals surface area contributed by atoms with Gasteiger partial charge in [0.25, 0.3) is 0 Å². The summed E-state index contributed by atoms with van der Waals surface area (Å²) in [5, 5.41) is 2.15. The summed E-state index contributed by atoms with van der Waals surface area (Å²) in [6.07, 6.45) is 1.87. The maximum Gasteiger partial charge on any atom is 0.149 e. The van der Waals surface area contributed by atoms with Gasteiger partial charge in [0.05, 0.1) is 5.52 Å². The molecular formula is C15H9FN2. The van der Waals surface area contributed by atoms with Gasteiger partial charge in [0, 0.05) is 11.6 Å². The smallest absolute Gasteiger partial charge is 0.149 e. The molecular weight excluding hydrogens is 227 g/mol. The highest BCUT2D eigenvalue weighted by Gasteiger charge is 2.10. The third-order valence-corrected chi connectivity index (χ3v) is 3.27. The van der Waals surface area contributed by atoms with E-state index in [0.29, 0.717) is 11.0 Å². The molecule has 0 aliphatic carbocycles. The van der Waals surface area contributed by atoms with E-state index in [4.69, 9.17) is 0 Å². The van der Waals surface area contributed by atoms with E-state index in [-0.39, 0.29) is 5.82 Å². The van der Waals surface area contributed by atoms with E-state index in [0.717, 1.165) is 16.4 Å². The van der Waals surface area contributed by atoms with Crippen LogP contribution >= 0.6 is 0 Å². The van der Waals surface area contributed by atoms with Gasteiger partial charge >= 0.3 is 0 Å². The van der Waals surface area contributed by atoms with Gasteiger partial charge < -0.3 is 0 Å². The molecule has 0 bridgehead atoms. The van der Waals surface area contributed by atoms with Gasteiger partial charge in [-0.05, 0) is 23.6 Å². The van der Waals surface area contributed by atoms with Gasteiger partial charge in [0.1, 0.15) is 17.0 Å². The molecule has 86 valence electrons. The van der Waals surface area contributed by atoms with E-state index in [2.05, 4.69) is 4.98 Å². The zero-order chi connectivity index (χ0) is 12.1. The summed E-state index contributed by atoms with van der Waals surface area (Å²) in [4.78, 5) is 4.53. The van der Waals surface area contributed by atoms with Crippen molar-refractivity contribution >= 4 is 27.5 Å². The van der Waals surface area contributed by atoms with Gasteiger partial charge in [-0.25, -0.2) is 9.37 Å². The molecule has 2 nitrogen and oxygen atoms in total. The summed E-state index contributed by atoms with van der Waals surface area (Å²) in [5.74, 6) is -0.240. The summed E-state index contributed by atoms with van der Waals surface area (Å²) in [5.41, 5.74) is 2.03. The summed E-state index contributed by atoms with van der Waals surface area (Å²) in [7, 11) is 0. The number of aromatic nitrogens is 2. The number of rotatable bonds is 0. The topological polar surface area (TPSA) is 17.3 Å². The van der Waals surface area contributed by atoms with Crippen molar-refractivity contribution in [3.63, 3.8) is 0 Å². The molecule has 18 heavy (non-hydrogen) atoms. The number of imidazole rings is 1. The second kappa shape index (κ2) is 3.29. The molecule has 0 radical (unpaired) electrons. The minimum atomic E-state index is -0.240. The van der Waals surface area contributed by atoms with Crippen molar-refractivity contribution in [3.05, 3.63) is 60.5 Å². The zero-order valence-corrected chi connectivity index (χ0v) is 9.47. The fraction of sp³-hybridized carbons (Fsp3) is 0. The number of para-hydroxylation sites is 1. The van der Waals surface area contributed by atoms with Crippen LogP contribution < -0.4 is 0 Å². The van der Waals surface area contributed by atoms with E-state index in [1.54, 1.807) is 6.07 Å². The Labute approximate surface area is 102 Å². The first-order chi connectivity index (χ1) is 8.84. The van der Waals surface area contributed by atoms with Gasteiger partial charge in [0.2, 0.25) is 0 Å². The molecule has 0 N–H and O–H groups in total. The zero-order valence-electron chi connectivity index (χ0n) is 9.47. The van der Waals surface area contributed by atoms with Crippen molar-refractivity contribution in [2.45, 2.75) is 0 Å². The molecule has 3 heteroatoms. The van der Waals surface area contributed by atoms with Crippen molar-refractivity contribution in [1.82, 2.24) is 9.38 Å². The Morgan fingerprint density at radius 1 is 0.944 bits per heavy atom. The van der Waals surface area contributed by atoms with E-state index < -0.39 is 0 Å². The fourth-order valence-electron chi connectivity index (χ4n) is 2.44. The number of hydrogen-bond acceptors (Lipinski definition) is 1. The Morgan fingerprint density at radius 3 is 2.78 bits per heavy atom. The molecule has 2 heterocycles. The molecule has 0 aliphatic rings. The average molecular weight is 236 g/mol. The number of hydrogen-bond donors (Lipinski definition) is 0. The lowest BCUT2D eigenvalue weighted by Crippen LogP contribution is -1.87. The van der Waals surface area contributed by atoms with E-state index in [1.165, 1.54) is 6.07 Å². The van der Waals surface area contributed by atoms with Crippen molar-refractivity contribution in [2.24, 2.45) is 0 Å². The van der Waals surface area contributed by atoms with Crippen LogP contribution in [0.15, 0.2) is 54.7 Å². The Kier molecular flexibility index (Phi) is 1.75. The first-order valence-electron chi connectivity index (χ1n) is 5.78. The predicted molar refractivity (Wildman–Crippen MR) is 70.2 cm³/mol. The maximum absolute atomic E-state index is 13.9. The first-order valence-corrected chi connectivity index (χ1v) is 5.78. The first kappa shape index (κ1) is 9.59. The summed E-state index contributed by atoms with van der Waals surface area (Å²) in [6.45, 7) is 0. The van der Waals surface area contributed by atoms with Crippen LogP contribution in [0.4, 0.5) is 4.39 Å². The molecule has 0 saturated heterocycles. The predicted octanol–water partition coefficient (Wildman–Crippen LogP) is 3.78.